The normalized spacial score (nSPS) is 16.4. The van der Waals surface area contributed by atoms with Crippen LogP contribution in [0.2, 0.25) is 0 Å². The van der Waals surface area contributed by atoms with Gasteiger partial charge in [0.15, 0.2) is 5.16 Å². The Morgan fingerprint density at radius 2 is 2.31 bits per heavy atom. The largest absolute Gasteiger partial charge is 0.291 e. The molecule has 1 aliphatic carbocycles. The summed E-state index contributed by atoms with van der Waals surface area (Å²) in [6.07, 6.45) is 10.5. The zero-order valence-corrected chi connectivity index (χ0v) is 17.8. The third-order valence-electron chi connectivity index (χ3n) is 5.33. The van der Waals surface area contributed by atoms with E-state index in [9.17, 15) is 4.79 Å². The third kappa shape index (κ3) is 3.30. The van der Waals surface area contributed by atoms with Crippen LogP contribution in [0.3, 0.4) is 0 Å². The maximum Gasteiger partial charge on any atom is 0.263 e. The van der Waals surface area contributed by atoms with Crippen LogP contribution in [0.5, 0.6) is 0 Å². The van der Waals surface area contributed by atoms with Gasteiger partial charge in [0.25, 0.3) is 5.56 Å². The topological polar surface area (TPSA) is 65.1 Å². The molecular formula is C21H21N5OS2. The quantitative estimate of drug-likeness (QED) is 0.275. The van der Waals surface area contributed by atoms with Crippen molar-refractivity contribution in [2.24, 2.45) is 5.92 Å². The van der Waals surface area contributed by atoms with E-state index in [2.05, 4.69) is 23.5 Å². The molecule has 0 saturated carbocycles. The van der Waals surface area contributed by atoms with E-state index in [0.29, 0.717) is 24.0 Å². The van der Waals surface area contributed by atoms with Crippen molar-refractivity contribution in [3.8, 4) is 0 Å². The van der Waals surface area contributed by atoms with Gasteiger partial charge in [0, 0.05) is 35.8 Å². The molecule has 4 aromatic heterocycles. The van der Waals surface area contributed by atoms with Gasteiger partial charge in [-0.1, -0.05) is 24.8 Å². The molecule has 0 bridgehead atoms. The predicted molar refractivity (Wildman–Crippen MR) is 118 cm³/mol. The molecule has 6 nitrogen and oxygen atoms in total. The summed E-state index contributed by atoms with van der Waals surface area (Å²) in [6.45, 7) is 6.57. The summed E-state index contributed by atoms with van der Waals surface area (Å²) in [7, 11) is 0. The van der Waals surface area contributed by atoms with E-state index in [0.717, 1.165) is 40.3 Å². The number of aryl methyl sites for hydroxylation is 1. The number of rotatable bonds is 5. The number of thiophene rings is 1. The molecule has 0 amide bonds. The molecule has 0 N–H and O–H groups in total. The monoisotopic (exact) mass is 423 g/mol. The van der Waals surface area contributed by atoms with Crippen LogP contribution in [0.4, 0.5) is 0 Å². The van der Waals surface area contributed by atoms with Crippen LogP contribution < -0.4 is 5.56 Å². The van der Waals surface area contributed by atoms with Gasteiger partial charge in [-0.05, 0) is 36.8 Å². The van der Waals surface area contributed by atoms with Crippen LogP contribution in [0.1, 0.15) is 29.5 Å². The molecule has 4 heterocycles. The van der Waals surface area contributed by atoms with Gasteiger partial charge in [0.1, 0.15) is 4.83 Å². The first-order chi connectivity index (χ1) is 14.1. The first-order valence-corrected chi connectivity index (χ1v) is 11.5. The molecule has 0 aromatic carbocycles. The third-order valence-corrected chi connectivity index (χ3v) is 7.48. The standard InChI is InChI=1S/C21H21N5OS2/c1-3-8-26-19(27)17-15-6-5-13(2)10-16(15)29-18(17)24-21(26)28-12-14-11-25-9-4-7-22-20(25)23-14/h3-4,7,9,11,13H,1,5-6,8,10,12H2,2H3. The Morgan fingerprint density at radius 1 is 1.41 bits per heavy atom. The second-order valence-corrected chi connectivity index (χ2v) is 9.50. The molecule has 148 valence electrons. The molecule has 1 aliphatic rings. The van der Waals surface area contributed by atoms with Gasteiger partial charge in [0.05, 0.1) is 11.1 Å². The Hall–Kier alpha value is -2.45. The van der Waals surface area contributed by atoms with Crippen molar-refractivity contribution in [3.63, 3.8) is 0 Å². The van der Waals surface area contributed by atoms with Crippen LogP contribution in [0.15, 0.2) is 47.3 Å². The lowest BCUT2D eigenvalue weighted by atomic mass is 9.89. The van der Waals surface area contributed by atoms with Crippen molar-refractivity contribution in [2.45, 2.75) is 43.6 Å². The van der Waals surface area contributed by atoms with Gasteiger partial charge in [-0.25, -0.2) is 15.0 Å². The van der Waals surface area contributed by atoms with Crippen LogP contribution >= 0.6 is 23.1 Å². The van der Waals surface area contributed by atoms with Crippen molar-refractivity contribution in [3.05, 3.63) is 63.8 Å². The van der Waals surface area contributed by atoms with Crippen LogP contribution in [0, 0.1) is 5.92 Å². The van der Waals surface area contributed by atoms with Gasteiger partial charge >= 0.3 is 0 Å². The van der Waals surface area contributed by atoms with Gasteiger partial charge in [-0.15, -0.1) is 17.9 Å². The Balaban J connectivity index is 1.54. The lowest BCUT2D eigenvalue weighted by Gasteiger charge is -2.17. The summed E-state index contributed by atoms with van der Waals surface area (Å²) in [5.41, 5.74) is 2.19. The van der Waals surface area contributed by atoms with Gasteiger partial charge in [-0.3, -0.25) is 13.8 Å². The van der Waals surface area contributed by atoms with Gasteiger partial charge in [-0.2, -0.15) is 0 Å². The minimum atomic E-state index is 0.0566. The van der Waals surface area contributed by atoms with Crippen molar-refractivity contribution >= 4 is 39.1 Å². The second kappa shape index (κ2) is 7.42. The summed E-state index contributed by atoms with van der Waals surface area (Å²) in [5, 5.41) is 1.54. The first kappa shape index (κ1) is 18.6. The van der Waals surface area contributed by atoms with E-state index >= 15 is 0 Å². The number of aromatic nitrogens is 5. The summed E-state index contributed by atoms with van der Waals surface area (Å²) in [6, 6.07) is 1.88. The molecule has 0 radical (unpaired) electrons. The Labute approximate surface area is 176 Å². The molecule has 1 atom stereocenters. The lowest BCUT2D eigenvalue weighted by Crippen LogP contribution is -2.23. The van der Waals surface area contributed by atoms with E-state index in [-0.39, 0.29) is 5.56 Å². The molecule has 1 unspecified atom stereocenters. The molecule has 29 heavy (non-hydrogen) atoms. The van der Waals surface area contributed by atoms with Crippen molar-refractivity contribution in [2.75, 3.05) is 0 Å². The van der Waals surface area contributed by atoms with E-state index in [4.69, 9.17) is 4.98 Å². The fourth-order valence-corrected chi connectivity index (χ4v) is 6.21. The Morgan fingerprint density at radius 3 is 3.14 bits per heavy atom. The number of allylic oxidation sites excluding steroid dienone is 1. The van der Waals surface area contributed by atoms with Crippen LogP contribution in [0.25, 0.3) is 16.0 Å². The fourth-order valence-electron chi connectivity index (χ4n) is 3.89. The maximum absolute atomic E-state index is 13.3. The molecule has 0 spiro atoms. The fraction of sp³-hybridized carbons (Fsp3) is 0.333. The molecule has 8 heteroatoms. The molecule has 0 aliphatic heterocycles. The maximum atomic E-state index is 13.3. The molecule has 0 fully saturated rings. The number of thioether (sulfide) groups is 1. The number of imidazole rings is 1. The van der Waals surface area contributed by atoms with Crippen molar-refractivity contribution in [1.29, 1.82) is 0 Å². The van der Waals surface area contributed by atoms with Crippen molar-refractivity contribution < 1.29 is 0 Å². The van der Waals surface area contributed by atoms with E-state index in [1.54, 1.807) is 28.2 Å². The molecule has 4 aromatic rings. The number of nitrogens with zero attached hydrogens (tertiary/aromatic N) is 5. The smallest absolute Gasteiger partial charge is 0.263 e. The zero-order chi connectivity index (χ0) is 20.0. The highest BCUT2D eigenvalue weighted by Gasteiger charge is 2.24. The van der Waals surface area contributed by atoms with Crippen LogP contribution in [-0.4, -0.2) is 23.9 Å². The Kier molecular flexibility index (Phi) is 4.75. The average Bonchev–Trinajstić information content (AvgIpc) is 3.29. The van der Waals surface area contributed by atoms with Crippen molar-refractivity contribution in [1.82, 2.24) is 23.9 Å². The number of hydrogen-bond acceptors (Lipinski definition) is 6. The minimum absolute atomic E-state index is 0.0566. The second-order valence-electron chi connectivity index (χ2n) is 7.48. The average molecular weight is 424 g/mol. The minimum Gasteiger partial charge on any atom is -0.291 e. The molecular weight excluding hydrogens is 402 g/mol. The summed E-state index contributed by atoms with van der Waals surface area (Å²) in [4.78, 5) is 29.3. The summed E-state index contributed by atoms with van der Waals surface area (Å²) >= 11 is 3.23. The summed E-state index contributed by atoms with van der Waals surface area (Å²) < 4.78 is 3.65. The van der Waals surface area contributed by atoms with E-state index < -0.39 is 0 Å². The zero-order valence-electron chi connectivity index (χ0n) is 16.2. The molecule has 5 rings (SSSR count). The highest BCUT2D eigenvalue weighted by atomic mass is 32.2. The van der Waals surface area contributed by atoms with Crippen LogP contribution in [-0.2, 0) is 25.1 Å². The highest BCUT2D eigenvalue weighted by molar-refractivity contribution is 7.98. The van der Waals surface area contributed by atoms with Gasteiger partial charge < -0.3 is 0 Å². The van der Waals surface area contributed by atoms with Gasteiger partial charge in [0.2, 0.25) is 5.78 Å². The lowest BCUT2D eigenvalue weighted by molar-refractivity contribution is 0.509. The summed E-state index contributed by atoms with van der Waals surface area (Å²) in [5.74, 6) is 1.97. The Bertz CT molecular complexity index is 1250. The SMILES string of the molecule is C=CCn1c(SCc2cn3cccnc3n2)nc2sc3c(c2c1=O)CCC(C)C3. The molecule has 0 saturated heterocycles. The predicted octanol–water partition coefficient (Wildman–Crippen LogP) is 4.10. The number of hydrogen-bond donors (Lipinski definition) is 0. The number of fused-ring (bicyclic) bond motifs is 4. The van der Waals surface area contributed by atoms with E-state index in [1.165, 1.54) is 22.2 Å². The van der Waals surface area contributed by atoms with E-state index in [1.807, 2.05) is 22.9 Å². The highest BCUT2D eigenvalue weighted by Crippen LogP contribution is 2.36. The first-order valence-electron chi connectivity index (χ1n) is 9.71.